The quantitative estimate of drug-likeness (QED) is 0.0235. The molecule has 2 saturated heterocycles. The number of rotatable bonds is 18. The van der Waals surface area contributed by atoms with Crippen LogP contribution in [0.2, 0.25) is 0 Å². The van der Waals surface area contributed by atoms with Crippen LogP contribution in [0, 0.1) is 5.92 Å². The molecule has 6 aromatic carbocycles. The molecule has 0 aliphatic carbocycles. The lowest BCUT2D eigenvalue weighted by molar-refractivity contribution is -0.119. The predicted molar refractivity (Wildman–Crippen MR) is 303 cm³/mol. The second-order valence-corrected chi connectivity index (χ2v) is 24.1. The molecule has 31 heteroatoms. The number of carbonyl (C=O) groups excluding carboxylic acids is 3. The maximum absolute atomic E-state index is 13.6. The van der Waals surface area contributed by atoms with E-state index < -0.39 is 125 Å². The van der Waals surface area contributed by atoms with Crippen LogP contribution >= 0.6 is 0 Å². The largest absolute Gasteiger partial charge is 0.478 e. The summed E-state index contributed by atoms with van der Waals surface area (Å²) in [5, 5.41) is 33.3. The van der Waals surface area contributed by atoms with Crippen molar-refractivity contribution in [3.63, 3.8) is 0 Å². The molecule has 8 rings (SSSR count). The van der Waals surface area contributed by atoms with Crippen molar-refractivity contribution in [3.05, 3.63) is 166 Å². The number of carbonyl (C=O) groups is 5. The molecular weight excluding hydrogens is 1180 g/mol. The van der Waals surface area contributed by atoms with E-state index in [9.17, 15) is 86.1 Å². The highest BCUT2D eigenvalue weighted by Crippen LogP contribution is 2.33. The van der Waals surface area contributed by atoms with Crippen LogP contribution < -0.4 is 31.5 Å². The van der Waals surface area contributed by atoms with Crippen molar-refractivity contribution in [1.29, 1.82) is 0 Å². The first-order chi connectivity index (χ1) is 39.4. The molecule has 2 aliphatic heterocycles. The van der Waals surface area contributed by atoms with Gasteiger partial charge in [-0.2, -0.15) is 43.9 Å². The Morgan fingerprint density at radius 3 is 1.45 bits per heavy atom. The molecule has 2 aliphatic rings. The number of hydrazine groups is 2. The minimum absolute atomic E-state index is 0.00000382. The minimum atomic E-state index is -5.18. The average molecular weight is 1230 g/mol. The fraction of sp³-hybridized carbons (Fsp3) is 0.113. The van der Waals surface area contributed by atoms with Gasteiger partial charge in [-0.3, -0.25) is 27.8 Å². The van der Waals surface area contributed by atoms with Gasteiger partial charge in [-0.05, 0) is 108 Å². The Morgan fingerprint density at radius 1 is 0.512 bits per heavy atom. The molecule has 4 amide bonds. The van der Waals surface area contributed by atoms with E-state index in [4.69, 9.17) is 0 Å². The van der Waals surface area contributed by atoms with Crippen molar-refractivity contribution in [2.75, 3.05) is 20.7 Å². The van der Waals surface area contributed by atoms with Crippen LogP contribution in [0.4, 0.5) is 33.2 Å². The summed E-state index contributed by atoms with van der Waals surface area (Å²) in [7, 11) is -20.4. The zero-order valence-electron chi connectivity index (χ0n) is 43.2. The number of carboxylic acid groups (broad SMARTS) is 2. The SMILES string of the molecule is CC1NN(c2ccc(/C=C/c3ccc(NC(=O)Nc4ccc(/C=C/c5ccc(N6NC(C)C(N=Nc7ccccc7C(=O)O)C6=O)cc5S(=O)(=O)O)cc4S(=O)(=O)O)c(S(=O)(=O)O)c3)c(S(=O)(=O)O)c2)C(=O)C1/C=C/c1ccccc1C(=O)O. The third-order valence-electron chi connectivity index (χ3n) is 12.8. The number of azo groups is 1. The topological polar surface area (TPSA) is 423 Å². The van der Waals surface area contributed by atoms with E-state index >= 15 is 0 Å². The maximum atomic E-state index is 13.6. The predicted octanol–water partition coefficient (Wildman–Crippen LogP) is 7.02. The Kier molecular flexibility index (Phi) is 17.4. The molecular formula is C53H46N8O19S4. The van der Waals surface area contributed by atoms with E-state index in [1.807, 2.05) is 0 Å². The number of benzene rings is 6. The zero-order valence-corrected chi connectivity index (χ0v) is 46.5. The van der Waals surface area contributed by atoms with Crippen LogP contribution in [0.15, 0.2) is 157 Å². The van der Waals surface area contributed by atoms with Gasteiger partial charge in [-0.25, -0.2) is 35.3 Å². The Hall–Kier alpha value is -9.15. The lowest BCUT2D eigenvalue weighted by Crippen LogP contribution is -2.36. The minimum Gasteiger partial charge on any atom is -0.478 e. The molecule has 4 unspecified atom stereocenters. The molecule has 6 aromatic rings. The van der Waals surface area contributed by atoms with Crippen LogP contribution in [0.1, 0.15) is 62.4 Å². The molecule has 2 heterocycles. The third-order valence-corrected chi connectivity index (χ3v) is 16.4. The highest BCUT2D eigenvalue weighted by molar-refractivity contribution is 7.86. The lowest BCUT2D eigenvalue weighted by atomic mass is 9.99. The zero-order chi connectivity index (χ0) is 61.2. The second-order valence-electron chi connectivity index (χ2n) is 18.5. The number of urea groups is 1. The van der Waals surface area contributed by atoms with Crippen molar-refractivity contribution in [3.8, 4) is 0 Å². The third kappa shape index (κ3) is 13.8. The number of hydrogen-bond acceptors (Lipinski definition) is 17. The number of aromatic carboxylic acids is 2. The summed E-state index contributed by atoms with van der Waals surface area (Å²) < 4.78 is 142. The highest BCUT2D eigenvalue weighted by Gasteiger charge is 2.40. The Balaban J connectivity index is 0.974. The van der Waals surface area contributed by atoms with Crippen LogP contribution in [-0.2, 0) is 50.1 Å². The number of amides is 4. The molecule has 0 aromatic heterocycles. The fourth-order valence-electron chi connectivity index (χ4n) is 8.72. The Morgan fingerprint density at radius 2 is 0.964 bits per heavy atom. The fourth-order valence-corrected chi connectivity index (χ4v) is 11.5. The number of anilines is 4. The van der Waals surface area contributed by atoms with Crippen LogP contribution in [0.3, 0.4) is 0 Å². The van der Waals surface area contributed by atoms with E-state index in [1.54, 1.807) is 32.0 Å². The maximum Gasteiger partial charge on any atom is 0.337 e. The van der Waals surface area contributed by atoms with Crippen molar-refractivity contribution in [1.82, 2.24) is 10.9 Å². The average Bonchev–Trinajstić information content (AvgIpc) is 3.23. The smallest absolute Gasteiger partial charge is 0.337 e. The van der Waals surface area contributed by atoms with Gasteiger partial charge >= 0.3 is 18.0 Å². The first-order valence-electron chi connectivity index (χ1n) is 24.2. The molecule has 10 N–H and O–H groups in total. The summed E-state index contributed by atoms with van der Waals surface area (Å²) in [6.45, 7) is 3.22. The first-order valence-corrected chi connectivity index (χ1v) is 30.0. The summed E-state index contributed by atoms with van der Waals surface area (Å²) in [4.78, 5) is 60.4. The normalized spacial score (nSPS) is 18.0. The molecule has 0 radical (unpaired) electrons. The molecule has 27 nitrogen and oxygen atoms in total. The van der Waals surface area contributed by atoms with Gasteiger partial charge in [0, 0.05) is 6.04 Å². The summed E-state index contributed by atoms with van der Waals surface area (Å²) in [5.41, 5.74) is 4.26. The molecule has 0 bridgehead atoms. The monoisotopic (exact) mass is 1230 g/mol. The molecule has 0 spiro atoms. The Bertz CT molecular complexity index is 4050. The molecule has 4 atom stereocenters. The van der Waals surface area contributed by atoms with E-state index in [2.05, 4.69) is 31.7 Å². The van der Waals surface area contributed by atoms with E-state index in [0.29, 0.717) is 5.56 Å². The summed E-state index contributed by atoms with van der Waals surface area (Å²) >= 11 is 0. The van der Waals surface area contributed by atoms with Gasteiger partial charge in [-0.15, -0.1) is 0 Å². The highest BCUT2D eigenvalue weighted by atomic mass is 32.2. The van der Waals surface area contributed by atoms with Gasteiger partial charge in [-0.1, -0.05) is 91.1 Å². The van der Waals surface area contributed by atoms with Crippen molar-refractivity contribution in [2.45, 2.75) is 51.6 Å². The Labute approximate surface area is 478 Å². The number of carboxylic acids is 2. The van der Waals surface area contributed by atoms with Crippen LogP contribution in [-0.4, -0.2) is 110 Å². The van der Waals surface area contributed by atoms with E-state index in [0.717, 1.165) is 58.6 Å². The lowest BCUT2D eigenvalue weighted by Gasteiger charge is -2.18. The van der Waals surface area contributed by atoms with Crippen LogP contribution in [0.5, 0.6) is 0 Å². The summed E-state index contributed by atoms with van der Waals surface area (Å²) in [5.74, 6) is -4.56. The van der Waals surface area contributed by atoms with Gasteiger partial charge in [0.05, 0.1) is 51.5 Å². The number of nitrogens with one attached hydrogen (secondary N) is 4. The summed E-state index contributed by atoms with van der Waals surface area (Å²) in [6, 6.07) is 21.2. The van der Waals surface area contributed by atoms with Gasteiger partial charge in [0.15, 0.2) is 6.04 Å². The molecule has 0 saturated carbocycles. The van der Waals surface area contributed by atoms with Gasteiger partial charge in [0.2, 0.25) is 5.91 Å². The molecule has 436 valence electrons. The second kappa shape index (κ2) is 24.0. The van der Waals surface area contributed by atoms with Crippen molar-refractivity contribution in [2.24, 2.45) is 16.1 Å². The van der Waals surface area contributed by atoms with E-state index in [-0.39, 0.29) is 50.4 Å². The number of hydrogen-bond donors (Lipinski definition) is 10. The number of nitrogens with zero attached hydrogens (tertiary/aromatic N) is 4. The van der Waals surface area contributed by atoms with Crippen LogP contribution in [0.25, 0.3) is 30.4 Å². The van der Waals surface area contributed by atoms with Gasteiger partial charge < -0.3 is 20.8 Å². The van der Waals surface area contributed by atoms with E-state index in [1.165, 1.54) is 91.0 Å². The van der Waals surface area contributed by atoms with Gasteiger partial charge in [0.1, 0.15) is 19.6 Å². The molecule has 84 heavy (non-hydrogen) atoms. The van der Waals surface area contributed by atoms with Crippen molar-refractivity contribution < 1.29 is 86.1 Å². The van der Waals surface area contributed by atoms with Gasteiger partial charge in [0.25, 0.3) is 46.4 Å². The standard InChI is InChI=1S/C53H46N8O19S4/c1-29-38(22-19-33-7-3-4-8-39(33)51(64)65)49(62)60(58-29)36-20-17-34(44(27-36)81(69,70)71)15-11-31-13-23-42(46(25-31)83(75,76)77)54-53(68)55-43-24-14-32(26-47(43)84(78,79)80)12-16-35-18-21-37(28-45(35)82(72,73)74)61-50(63)48(30(2)59-61)57-56-41-10-6-5-9-40(41)52(66)67/h3-30,38,48,58-59H,1-2H3,(H,64,65)(H,66,67)(H2,54,55,68)(H,69,70,71)(H,72,73,74)(H,75,76,77)(H,78,79,80)/b15-11+,16-12+,22-19+,57-56?. The molecule has 2 fully saturated rings. The van der Waals surface area contributed by atoms with Crippen molar-refractivity contribution >= 4 is 129 Å². The first kappa shape index (κ1) is 60.9. The summed E-state index contributed by atoms with van der Waals surface area (Å²) in [6.07, 6.45) is 7.61.